The van der Waals surface area contributed by atoms with Gasteiger partial charge in [0.25, 0.3) is 0 Å². The molecule has 1 saturated carbocycles. The number of ether oxygens (including phenoxy) is 1. The molecule has 0 bridgehead atoms. The highest BCUT2D eigenvalue weighted by atomic mass is 16.5. The molecule has 0 saturated heterocycles. The van der Waals surface area contributed by atoms with E-state index in [2.05, 4.69) is 23.7 Å². The van der Waals surface area contributed by atoms with Gasteiger partial charge >= 0.3 is 5.97 Å². The molecule has 1 N–H and O–H groups in total. The molecule has 1 aliphatic rings. The third kappa shape index (κ3) is 3.63. The zero-order valence-corrected chi connectivity index (χ0v) is 11.3. The molecule has 0 heterocycles. The van der Waals surface area contributed by atoms with Gasteiger partial charge in [0.1, 0.15) is 0 Å². The van der Waals surface area contributed by atoms with Crippen LogP contribution >= 0.6 is 0 Å². The predicted octanol–water partition coefficient (Wildman–Crippen LogP) is 2.55. The lowest BCUT2D eigenvalue weighted by Crippen LogP contribution is -2.14. The Kier molecular flexibility index (Phi) is 4.82. The Morgan fingerprint density at radius 3 is 2.65 bits per heavy atom. The van der Waals surface area contributed by atoms with E-state index < -0.39 is 5.97 Å². The van der Waals surface area contributed by atoms with Gasteiger partial charge in [-0.25, -0.2) is 4.79 Å². The third-order valence-corrected chi connectivity index (χ3v) is 3.41. The van der Waals surface area contributed by atoms with Gasteiger partial charge in [-0.2, -0.15) is 0 Å². The first-order valence-electron chi connectivity index (χ1n) is 6.58. The van der Waals surface area contributed by atoms with Crippen molar-refractivity contribution in [1.29, 1.82) is 0 Å². The average molecular weight is 268 g/mol. The SMILES string of the molecule is CO[C@H]1CCC[C@@H]1C#CC#Cc1ccc(C(=O)O)cc1. The zero-order chi connectivity index (χ0) is 14.4. The molecule has 0 aromatic heterocycles. The molecule has 1 fully saturated rings. The van der Waals surface area contributed by atoms with E-state index in [-0.39, 0.29) is 17.6 Å². The number of carboxylic acids is 1. The van der Waals surface area contributed by atoms with Crippen molar-refractivity contribution in [3.63, 3.8) is 0 Å². The Morgan fingerprint density at radius 1 is 1.25 bits per heavy atom. The van der Waals surface area contributed by atoms with Crippen molar-refractivity contribution in [3.05, 3.63) is 35.4 Å². The fourth-order valence-corrected chi connectivity index (χ4v) is 2.30. The lowest BCUT2D eigenvalue weighted by molar-refractivity contribution is 0.0697. The monoisotopic (exact) mass is 268 g/mol. The van der Waals surface area contributed by atoms with Gasteiger partial charge in [-0.3, -0.25) is 0 Å². The molecule has 3 heteroatoms. The second-order valence-electron chi connectivity index (χ2n) is 4.71. The third-order valence-electron chi connectivity index (χ3n) is 3.41. The van der Waals surface area contributed by atoms with E-state index in [0.29, 0.717) is 0 Å². The number of hydrogen-bond donors (Lipinski definition) is 1. The van der Waals surface area contributed by atoms with E-state index >= 15 is 0 Å². The molecule has 102 valence electrons. The van der Waals surface area contributed by atoms with Gasteiger partial charge in [0.05, 0.1) is 11.7 Å². The molecule has 0 aliphatic heterocycles. The Bertz CT molecular complexity index is 593. The molecule has 20 heavy (non-hydrogen) atoms. The van der Waals surface area contributed by atoms with Gasteiger partial charge in [0, 0.05) is 18.6 Å². The number of hydrogen-bond acceptors (Lipinski definition) is 2. The standard InChI is InChI=1S/C17H16O3/c1-20-16-8-4-7-14(16)6-3-2-5-13-9-11-15(12-10-13)17(18)19/h9-12,14,16H,4,7-8H2,1H3,(H,18,19)/t14-,16-/m0/s1. The zero-order valence-electron chi connectivity index (χ0n) is 11.3. The Balaban J connectivity index is 1.99. The lowest BCUT2D eigenvalue weighted by Gasteiger charge is -2.10. The first kappa shape index (κ1) is 14.2. The van der Waals surface area contributed by atoms with Crippen molar-refractivity contribution < 1.29 is 14.6 Å². The van der Waals surface area contributed by atoms with Crippen LogP contribution in [0.2, 0.25) is 0 Å². The van der Waals surface area contributed by atoms with Crippen LogP contribution in [0.3, 0.4) is 0 Å². The van der Waals surface area contributed by atoms with Crippen molar-refractivity contribution in [2.24, 2.45) is 5.92 Å². The number of carbonyl (C=O) groups is 1. The number of methoxy groups -OCH3 is 1. The van der Waals surface area contributed by atoms with Crippen LogP contribution in [-0.4, -0.2) is 24.3 Å². The van der Waals surface area contributed by atoms with Crippen molar-refractivity contribution >= 4 is 5.97 Å². The van der Waals surface area contributed by atoms with Gasteiger partial charge in [-0.15, -0.1) is 0 Å². The van der Waals surface area contributed by atoms with E-state index in [0.717, 1.165) is 24.8 Å². The van der Waals surface area contributed by atoms with E-state index in [1.807, 2.05) is 0 Å². The predicted molar refractivity (Wildman–Crippen MR) is 76.2 cm³/mol. The maximum absolute atomic E-state index is 10.7. The average Bonchev–Trinajstić information content (AvgIpc) is 2.91. The van der Waals surface area contributed by atoms with Crippen LogP contribution in [0.4, 0.5) is 0 Å². The van der Waals surface area contributed by atoms with Gasteiger partial charge in [-0.1, -0.05) is 11.8 Å². The maximum Gasteiger partial charge on any atom is 0.335 e. The molecule has 1 aromatic carbocycles. The summed E-state index contributed by atoms with van der Waals surface area (Å²) in [6.07, 6.45) is 3.53. The normalized spacial score (nSPS) is 20.4. The number of benzene rings is 1. The number of carboxylic acid groups (broad SMARTS) is 1. The molecule has 0 amide bonds. The molecule has 0 unspecified atom stereocenters. The molecular weight excluding hydrogens is 252 g/mol. The molecule has 1 aromatic rings. The van der Waals surface area contributed by atoms with Crippen molar-refractivity contribution in [1.82, 2.24) is 0 Å². The van der Waals surface area contributed by atoms with Gasteiger partial charge in [-0.05, 0) is 55.4 Å². The van der Waals surface area contributed by atoms with Gasteiger partial charge in [0.2, 0.25) is 0 Å². The fraction of sp³-hybridized carbons (Fsp3) is 0.353. The molecule has 2 atom stereocenters. The second kappa shape index (κ2) is 6.80. The Morgan fingerprint density at radius 2 is 2.00 bits per heavy atom. The van der Waals surface area contributed by atoms with E-state index in [9.17, 15) is 4.79 Å². The molecule has 2 rings (SSSR count). The van der Waals surface area contributed by atoms with Crippen molar-refractivity contribution in [2.45, 2.75) is 25.4 Å². The van der Waals surface area contributed by atoms with Gasteiger partial charge in [0.15, 0.2) is 0 Å². The van der Waals surface area contributed by atoms with Crippen LogP contribution in [-0.2, 0) is 4.74 Å². The van der Waals surface area contributed by atoms with Gasteiger partial charge < -0.3 is 9.84 Å². The largest absolute Gasteiger partial charge is 0.478 e. The molecular formula is C17H16O3. The summed E-state index contributed by atoms with van der Waals surface area (Å²) in [6, 6.07) is 6.45. The smallest absolute Gasteiger partial charge is 0.335 e. The van der Waals surface area contributed by atoms with Crippen LogP contribution in [0.15, 0.2) is 24.3 Å². The summed E-state index contributed by atoms with van der Waals surface area (Å²) in [7, 11) is 1.72. The minimum Gasteiger partial charge on any atom is -0.478 e. The lowest BCUT2D eigenvalue weighted by atomic mass is 10.1. The second-order valence-corrected chi connectivity index (χ2v) is 4.71. The maximum atomic E-state index is 10.7. The first-order chi connectivity index (χ1) is 9.70. The highest BCUT2D eigenvalue weighted by molar-refractivity contribution is 5.87. The van der Waals surface area contributed by atoms with Crippen LogP contribution in [0, 0.1) is 29.6 Å². The topological polar surface area (TPSA) is 46.5 Å². The fourth-order valence-electron chi connectivity index (χ4n) is 2.30. The minimum absolute atomic E-state index is 0.235. The van der Waals surface area contributed by atoms with Crippen LogP contribution < -0.4 is 0 Å². The van der Waals surface area contributed by atoms with Crippen molar-refractivity contribution in [2.75, 3.05) is 7.11 Å². The van der Waals surface area contributed by atoms with Crippen LogP contribution in [0.1, 0.15) is 35.2 Å². The van der Waals surface area contributed by atoms with Crippen LogP contribution in [0.5, 0.6) is 0 Å². The summed E-state index contributed by atoms with van der Waals surface area (Å²) in [5.74, 6) is 11.1. The number of aromatic carboxylic acids is 1. The number of rotatable bonds is 2. The summed E-state index contributed by atoms with van der Waals surface area (Å²) in [5.41, 5.74) is 1.02. The van der Waals surface area contributed by atoms with E-state index in [4.69, 9.17) is 9.84 Å². The minimum atomic E-state index is -0.934. The Hall–Kier alpha value is -2.23. The summed E-state index contributed by atoms with van der Waals surface area (Å²) < 4.78 is 5.37. The van der Waals surface area contributed by atoms with E-state index in [1.54, 1.807) is 19.2 Å². The molecule has 1 aliphatic carbocycles. The van der Waals surface area contributed by atoms with E-state index in [1.165, 1.54) is 12.1 Å². The summed E-state index contributed by atoms with van der Waals surface area (Å²) in [4.78, 5) is 10.7. The highest BCUT2D eigenvalue weighted by Gasteiger charge is 2.24. The molecule has 3 nitrogen and oxygen atoms in total. The summed E-state index contributed by atoms with van der Waals surface area (Å²) in [5, 5.41) is 8.79. The molecule has 0 spiro atoms. The summed E-state index contributed by atoms with van der Waals surface area (Å²) >= 11 is 0. The first-order valence-corrected chi connectivity index (χ1v) is 6.58. The summed E-state index contributed by atoms with van der Waals surface area (Å²) in [6.45, 7) is 0. The van der Waals surface area contributed by atoms with Crippen LogP contribution in [0.25, 0.3) is 0 Å². The highest BCUT2D eigenvalue weighted by Crippen LogP contribution is 2.26. The van der Waals surface area contributed by atoms with Crippen molar-refractivity contribution in [3.8, 4) is 23.7 Å². The quantitative estimate of drug-likeness (QED) is 0.838. The molecule has 0 radical (unpaired) electrons. The Labute approximate surface area is 119 Å².